The Kier molecular flexibility index (Phi) is 6.50. The Labute approximate surface area is 227 Å². The third-order valence-corrected chi connectivity index (χ3v) is 7.86. The molecule has 39 heavy (non-hydrogen) atoms. The SMILES string of the molecule is COC(=O)c1ccc(CN2C(=O)CSC2c2cn(-c3ccccc3)nc2-c2cc3ccccc3oc2=O)cc1. The molecule has 0 radical (unpaired) electrons. The van der Waals surface area contributed by atoms with Crippen LogP contribution >= 0.6 is 11.8 Å². The largest absolute Gasteiger partial charge is 0.465 e. The fourth-order valence-electron chi connectivity index (χ4n) is 4.66. The highest BCUT2D eigenvalue weighted by Crippen LogP contribution is 2.43. The van der Waals surface area contributed by atoms with Crippen molar-refractivity contribution in [3.05, 3.63) is 118 Å². The fraction of sp³-hybridized carbons (Fsp3) is 0.133. The van der Waals surface area contributed by atoms with E-state index in [1.54, 1.807) is 33.8 Å². The Morgan fingerprint density at radius 3 is 2.54 bits per heavy atom. The number of fused-ring (bicyclic) bond motifs is 1. The average Bonchev–Trinajstić information content (AvgIpc) is 3.56. The second kappa shape index (κ2) is 10.3. The van der Waals surface area contributed by atoms with E-state index in [1.807, 2.05) is 66.9 Å². The maximum Gasteiger partial charge on any atom is 0.345 e. The smallest absolute Gasteiger partial charge is 0.345 e. The summed E-state index contributed by atoms with van der Waals surface area (Å²) < 4.78 is 12.1. The number of para-hydroxylation sites is 2. The molecule has 1 amide bonds. The van der Waals surface area contributed by atoms with Crippen LogP contribution in [0, 0.1) is 0 Å². The molecule has 0 saturated carbocycles. The number of amides is 1. The summed E-state index contributed by atoms with van der Waals surface area (Å²) in [6, 6.07) is 25.7. The lowest BCUT2D eigenvalue weighted by atomic mass is 10.1. The molecule has 8 nitrogen and oxygen atoms in total. The molecule has 1 aliphatic heterocycles. The van der Waals surface area contributed by atoms with E-state index in [-0.39, 0.29) is 11.3 Å². The minimum atomic E-state index is -0.493. The molecule has 3 aromatic carbocycles. The molecule has 194 valence electrons. The highest BCUT2D eigenvalue weighted by Gasteiger charge is 2.36. The van der Waals surface area contributed by atoms with E-state index in [1.165, 1.54) is 18.9 Å². The zero-order valence-electron chi connectivity index (χ0n) is 20.9. The van der Waals surface area contributed by atoms with Crippen LogP contribution in [0.2, 0.25) is 0 Å². The van der Waals surface area contributed by atoms with Crippen LogP contribution in [0.5, 0.6) is 0 Å². The van der Waals surface area contributed by atoms with Crippen molar-refractivity contribution >= 4 is 34.6 Å². The molecule has 0 spiro atoms. The monoisotopic (exact) mass is 537 g/mol. The van der Waals surface area contributed by atoms with Gasteiger partial charge in [-0.1, -0.05) is 48.5 Å². The number of esters is 1. The van der Waals surface area contributed by atoms with Crippen molar-refractivity contribution in [3.8, 4) is 16.9 Å². The van der Waals surface area contributed by atoms with Crippen molar-refractivity contribution in [2.75, 3.05) is 12.9 Å². The van der Waals surface area contributed by atoms with E-state index in [0.29, 0.717) is 34.7 Å². The fourth-order valence-corrected chi connectivity index (χ4v) is 5.85. The maximum atomic E-state index is 13.2. The lowest BCUT2D eigenvalue weighted by Gasteiger charge is -2.24. The molecule has 1 saturated heterocycles. The zero-order chi connectivity index (χ0) is 26.9. The molecule has 9 heteroatoms. The number of carbonyl (C=O) groups is 2. The standard InChI is InChI=1S/C30H23N3O5S/c1-37-29(35)20-13-11-19(12-14-20)16-32-26(34)18-39-28(32)24-17-33(22-8-3-2-4-9-22)31-27(24)23-15-21-7-5-6-10-25(21)38-30(23)36/h2-15,17,28H,16,18H2,1H3. The normalized spacial score (nSPS) is 15.2. The summed E-state index contributed by atoms with van der Waals surface area (Å²) in [7, 11) is 1.34. The first-order valence-electron chi connectivity index (χ1n) is 12.3. The Morgan fingerprint density at radius 2 is 1.77 bits per heavy atom. The quantitative estimate of drug-likeness (QED) is 0.217. The van der Waals surface area contributed by atoms with Crippen LogP contribution in [0.4, 0.5) is 0 Å². The molecule has 2 aromatic heterocycles. The summed E-state index contributed by atoms with van der Waals surface area (Å²) >= 11 is 1.49. The number of nitrogens with zero attached hydrogens (tertiary/aromatic N) is 3. The predicted octanol–water partition coefficient (Wildman–Crippen LogP) is 5.21. The molecule has 1 atom stereocenters. The molecule has 1 aliphatic rings. The van der Waals surface area contributed by atoms with Crippen molar-refractivity contribution in [1.29, 1.82) is 0 Å². The van der Waals surface area contributed by atoms with Crippen molar-refractivity contribution in [2.24, 2.45) is 0 Å². The molecule has 1 fully saturated rings. The molecule has 0 aliphatic carbocycles. The molecule has 3 heterocycles. The maximum absolute atomic E-state index is 13.2. The van der Waals surface area contributed by atoms with Gasteiger partial charge in [0, 0.05) is 23.7 Å². The van der Waals surface area contributed by atoms with Gasteiger partial charge in [0.05, 0.1) is 29.7 Å². The minimum Gasteiger partial charge on any atom is -0.465 e. The number of carbonyl (C=O) groups excluding carboxylic acids is 2. The van der Waals surface area contributed by atoms with Gasteiger partial charge in [-0.2, -0.15) is 5.10 Å². The first-order valence-corrected chi connectivity index (χ1v) is 13.3. The van der Waals surface area contributed by atoms with Gasteiger partial charge in [0.25, 0.3) is 0 Å². The van der Waals surface area contributed by atoms with Crippen LogP contribution in [0.1, 0.15) is 26.9 Å². The number of thioether (sulfide) groups is 1. The summed E-state index contributed by atoms with van der Waals surface area (Å²) in [5.74, 6) is -0.141. The summed E-state index contributed by atoms with van der Waals surface area (Å²) in [4.78, 5) is 39.8. The predicted molar refractivity (Wildman–Crippen MR) is 149 cm³/mol. The van der Waals surface area contributed by atoms with Crippen LogP contribution in [0.3, 0.4) is 0 Å². The van der Waals surface area contributed by atoms with Gasteiger partial charge in [-0.25, -0.2) is 14.3 Å². The Balaban J connectivity index is 1.43. The van der Waals surface area contributed by atoms with Crippen LogP contribution in [0.15, 0.2) is 100 Å². The summed E-state index contributed by atoms with van der Waals surface area (Å²) in [5.41, 5.74) is 3.68. The average molecular weight is 538 g/mol. The van der Waals surface area contributed by atoms with Crippen molar-refractivity contribution < 1.29 is 18.7 Å². The van der Waals surface area contributed by atoms with Crippen molar-refractivity contribution in [3.63, 3.8) is 0 Å². The Morgan fingerprint density at radius 1 is 1.03 bits per heavy atom. The zero-order valence-corrected chi connectivity index (χ0v) is 21.8. The van der Waals surface area contributed by atoms with E-state index < -0.39 is 11.6 Å². The number of hydrogen-bond acceptors (Lipinski definition) is 7. The molecule has 6 rings (SSSR count). The first-order chi connectivity index (χ1) is 19.0. The molecular weight excluding hydrogens is 514 g/mol. The number of hydrogen-bond donors (Lipinski definition) is 0. The van der Waals surface area contributed by atoms with Gasteiger partial charge in [0.2, 0.25) is 5.91 Å². The van der Waals surface area contributed by atoms with E-state index >= 15 is 0 Å². The van der Waals surface area contributed by atoms with Gasteiger partial charge >= 0.3 is 11.6 Å². The summed E-state index contributed by atoms with van der Waals surface area (Å²) in [6.45, 7) is 0.334. The van der Waals surface area contributed by atoms with E-state index in [0.717, 1.165) is 22.2 Å². The Hall–Kier alpha value is -4.63. The molecule has 0 N–H and O–H groups in total. The number of aromatic nitrogens is 2. The third kappa shape index (κ3) is 4.72. The topological polar surface area (TPSA) is 94.6 Å². The number of rotatable bonds is 6. The summed E-state index contributed by atoms with van der Waals surface area (Å²) in [5, 5.41) is 5.23. The van der Waals surface area contributed by atoms with Gasteiger partial charge in [-0.15, -0.1) is 11.8 Å². The number of methoxy groups -OCH3 is 1. The second-order valence-electron chi connectivity index (χ2n) is 9.07. The van der Waals surface area contributed by atoms with Crippen molar-refractivity contribution in [2.45, 2.75) is 11.9 Å². The van der Waals surface area contributed by atoms with Crippen molar-refractivity contribution in [1.82, 2.24) is 14.7 Å². The highest BCUT2D eigenvalue weighted by molar-refractivity contribution is 8.00. The lowest BCUT2D eigenvalue weighted by molar-refractivity contribution is -0.128. The number of benzene rings is 3. The van der Waals surface area contributed by atoms with E-state index in [9.17, 15) is 14.4 Å². The molecule has 5 aromatic rings. The molecule has 0 bridgehead atoms. The van der Waals surface area contributed by atoms with Crippen LogP contribution < -0.4 is 5.63 Å². The van der Waals surface area contributed by atoms with Gasteiger partial charge in [-0.05, 0) is 42.0 Å². The first kappa shape index (κ1) is 24.7. The van der Waals surface area contributed by atoms with Crippen LogP contribution in [-0.4, -0.2) is 39.4 Å². The van der Waals surface area contributed by atoms with Crippen LogP contribution in [-0.2, 0) is 16.1 Å². The molecular formula is C30H23N3O5S. The highest BCUT2D eigenvalue weighted by atomic mass is 32.2. The second-order valence-corrected chi connectivity index (χ2v) is 10.1. The van der Waals surface area contributed by atoms with Gasteiger partial charge in [0.1, 0.15) is 16.7 Å². The lowest BCUT2D eigenvalue weighted by Crippen LogP contribution is -2.28. The third-order valence-electron chi connectivity index (χ3n) is 6.62. The van der Waals surface area contributed by atoms with Gasteiger partial charge in [0.15, 0.2) is 0 Å². The number of ether oxygens (including phenoxy) is 1. The van der Waals surface area contributed by atoms with Gasteiger partial charge < -0.3 is 14.1 Å². The Bertz CT molecular complexity index is 1740. The van der Waals surface area contributed by atoms with E-state index in [2.05, 4.69) is 0 Å². The summed E-state index contributed by atoms with van der Waals surface area (Å²) in [6.07, 6.45) is 1.88. The minimum absolute atomic E-state index is 0.0222. The van der Waals surface area contributed by atoms with E-state index in [4.69, 9.17) is 14.3 Å². The molecule has 1 unspecified atom stereocenters. The van der Waals surface area contributed by atoms with Crippen LogP contribution in [0.25, 0.3) is 27.9 Å². The van der Waals surface area contributed by atoms with Gasteiger partial charge in [-0.3, -0.25) is 4.79 Å².